The van der Waals surface area contributed by atoms with Crippen LogP contribution in [-0.2, 0) is 11.8 Å². The van der Waals surface area contributed by atoms with E-state index in [-0.39, 0.29) is 24.2 Å². The van der Waals surface area contributed by atoms with E-state index in [1.807, 2.05) is 0 Å². The Bertz CT molecular complexity index is 1470. The summed E-state index contributed by atoms with van der Waals surface area (Å²) in [4.78, 5) is 26.6. The van der Waals surface area contributed by atoms with Gasteiger partial charge in [0, 0.05) is 17.7 Å². The molecule has 42 heavy (non-hydrogen) atoms. The molecule has 0 bridgehead atoms. The third-order valence-corrected chi connectivity index (χ3v) is 5.84. The first kappa shape index (κ1) is 32.1. The third kappa shape index (κ3) is 6.09. The molecule has 0 radical (unpaired) electrons. The van der Waals surface area contributed by atoms with E-state index >= 15 is 4.39 Å². The molecule has 0 atom stereocenters. The number of hydrogen-bond donors (Lipinski definition) is 1. The smallest absolute Gasteiger partial charge is 0.321 e. The van der Waals surface area contributed by atoms with Gasteiger partial charge in [-0.05, 0) is 36.4 Å². The van der Waals surface area contributed by atoms with Gasteiger partial charge in [0.15, 0.2) is 5.82 Å². The zero-order chi connectivity index (χ0) is 31.7. The summed E-state index contributed by atoms with van der Waals surface area (Å²) in [6.07, 6.45) is -17.9. The average molecular weight is 610 g/mol. The van der Waals surface area contributed by atoms with Gasteiger partial charge in [-0.25, -0.2) is 8.78 Å². The normalized spacial score (nSPS) is 12.5. The Hall–Kier alpha value is -4.43. The summed E-state index contributed by atoms with van der Waals surface area (Å²) in [7, 11) is 0. The SMILES string of the molecule is C=CCN(C(=O)c1ccccc1)c1cccc(C(=O)Nc2ccc(C(F)(C(F)(F)F)C(F)(F)F)cc2C(F)(F)F)c1F. The first-order valence-corrected chi connectivity index (χ1v) is 11.5. The lowest BCUT2D eigenvalue weighted by Gasteiger charge is -2.31. The van der Waals surface area contributed by atoms with E-state index in [0.29, 0.717) is 0 Å². The lowest BCUT2D eigenvalue weighted by atomic mass is 9.92. The molecule has 3 aromatic carbocycles. The molecular formula is C27H17F11N2O2. The van der Waals surface area contributed by atoms with Crippen LogP contribution in [0.5, 0.6) is 0 Å². The summed E-state index contributed by atoms with van der Waals surface area (Å²) >= 11 is 0. The van der Waals surface area contributed by atoms with Crippen molar-refractivity contribution in [1.82, 2.24) is 0 Å². The molecule has 0 fully saturated rings. The maximum Gasteiger partial charge on any atom is 0.435 e. The van der Waals surface area contributed by atoms with Crippen molar-refractivity contribution in [2.45, 2.75) is 24.2 Å². The highest BCUT2D eigenvalue weighted by atomic mass is 19.4. The summed E-state index contributed by atoms with van der Waals surface area (Å²) in [5, 5.41) is 1.58. The summed E-state index contributed by atoms with van der Waals surface area (Å²) in [5.41, 5.74) is -13.6. The highest BCUT2D eigenvalue weighted by Crippen LogP contribution is 2.54. The second kappa shape index (κ2) is 11.4. The van der Waals surface area contributed by atoms with Gasteiger partial charge in [0.25, 0.3) is 11.8 Å². The second-order valence-corrected chi connectivity index (χ2v) is 8.58. The van der Waals surface area contributed by atoms with Crippen LogP contribution in [0.2, 0.25) is 0 Å². The third-order valence-electron chi connectivity index (χ3n) is 5.84. The number of anilines is 2. The number of carbonyl (C=O) groups excluding carboxylic acids is 2. The Morgan fingerprint density at radius 2 is 1.40 bits per heavy atom. The minimum absolute atomic E-state index is 0.0213. The quantitative estimate of drug-likeness (QED) is 0.217. The maximum absolute atomic E-state index is 15.5. The Labute approximate surface area is 230 Å². The number of alkyl halides is 10. The number of nitrogens with one attached hydrogen (secondary N) is 1. The van der Waals surface area contributed by atoms with Crippen LogP contribution >= 0.6 is 0 Å². The predicted molar refractivity (Wildman–Crippen MR) is 129 cm³/mol. The molecule has 15 heteroatoms. The Balaban J connectivity index is 2.06. The fourth-order valence-corrected chi connectivity index (χ4v) is 3.84. The largest absolute Gasteiger partial charge is 0.435 e. The van der Waals surface area contributed by atoms with Crippen LogP contribution < -0.4 is 10.2 Å². The van der Waals surface area contributed by atoms with Gasteiger partial charge < -0.3 is 10.2 Å². The lowest BCUT2D eigenvalue weighted by molar-refractivity contribution is -0.348. The Morgan fingerprint density at radius 1 is 0.810 bits per heavy atom. The van der Waals surface area contributed by atoms with Crippen molar-refractivity contribution in [3.05, 3.63) is 107 Å². The van der Waals surface area contributed by atoms with Crippen LogP contribution in [0, 0.1) is 5.82 Å². The minimum atomic E-state index is -6.70. The molecule has 0 saturated carbocycles. The van der Waals surface area contributed by atoms with E-state index in [1.54, 1.807) is 11.4 Å². The summed E-state index contributed by atoms with van der Waals surface area (Å²) in [6, 6.07) is 9.37. The Kier molecular flexibility index (Phi) is 8.75. The van der Waals surface area contributed by atoms with Crippen molar-refractivity contribution in [2.75, 3.05) is 16.8 Å². The highest BCUT2D eigenvalue weighted by Gasteiger charge is 2.73. The number of amides is 2. The van der Waals surface area contributed by atoms with Crippen LogP contribution in [0.4, 0.5) is 59.7 Å². The number of hydrogen-bond acceptors (Lipinski definition) is 2. The van der Waals surface area contributed by atoms with E-state index in [2.05, 4.69) is 6.58 Å². The van der Waals surface area contributed by atoms with Gasteiger partial charge in [-0.15, -0.1) is 6.58 Å². The molecule has 0 saturated heterocycles. The monoisotopic (exact) mass is 610 g/mol. The van der Waals surface area contributed by atoms with Gasteiger partial charge in [0.2, 0.25) is 0 Å². The molecule has 1 N–H and O–H groups in total. The van der Waals surface area contributed by atoms with Crippen LogP contribution in [0.25, 0.3) is 0 Å². The fraction of sp³-hybridized carbons (Fsp3) is 0.185. The molecule has 0 aliphatic rings. The molecule has 0 heterocycles. The number of rotatable bonds is 7. The molecule has 3 aromatic rings. The minimum Gasteiger partial charge on any atom is -0.321 e. The zero-order valence-electron chi connectivity index (χ0n) is 20.8. The van der Waals surface area contributed by atoms with Crippen LogP contribution in [0.3, 0.4) is 0 Å². The van der Waals surface area contributed by atoms with E-state index in [0.717, 1.165) is 23.1 Å². The molecule has 2 amide bonds. The zero-order valence-corrected chi connectivity index (χ0v) is 20.8. The van der Waals surface area contributed by atoms with Crippen LogP contribution in [0.15, 0.2) is 79.4 Å². The lowest BCUT2D eigenvalue weighted by Crippen LogP contribution is -2.50. The van der Waals surface area contributed by atoms with E-state index in [9.17, 15) is 53.5 Å². The second-order valence-electron chi connectivity index (χ2n) is 8.58. The predicted octanol–water partition coefficient (Wildman–Crippen LogP) is 8.22. The molecule has 4 nitrogen and oxygen atoms in total. The van der Waals surface area contributed by atoms with Crippen molar-refractivity contribution in [3.8, 4) is 0 Å². The Morgan fingerprint density at radius 3 is 1.93 bits per heavy atom. The molecule has 0 aromatic heterocycles. The number of halogens is 11. The number of benzene rings is 3. The van der Waals surface area contributed by atoms with E-state index < -0.39 is 76.0 Å². The molecule has 0 spiro atoms. The van der Waals surface area contributed by atoms with Gasteiger partial charge in [0.1, 0.15) is 0 Å². The van der Waals surface area contributed by atoms with Crippen LogP contribution in [0.1, 0.15) is 31.8 Å². The van der Waals surface area contributed by atoms with Gasteiger partial charge in [-0.1, -0.05) is 36.4 Å². The first-order valence-electron chi connectivity index (χ1n) is 11.5. The van der Waals surface area contributed by atoms with E-state index in [4.69, 9.17) is 0 Å². The molecule has 0 aliphatic heterocycles. The first-order chi connectivity index (χ1) is 19.3. The molecule has 0 unspecified atom stereocenters. The number of nitrogens with zero attached hydrogens (tertiary/aromatic N) is 1. The van der Waals surface area contributed by atoms with Gasteiger partial charge in [-0.2, -0.15) is 39.5 Å². The van der Waals surface area contributed by atoms with Crippen molar-refractivity contribution >= 4 is 23.2 Å². The van der Waals surface area contributed by atoms with Crippen molar-refractivity contribution in [2.24, 2.45) is 0 Å². The van der Waals surface area contributed by atoms with E-state index in [1.165, 1.54) is 30.3 Å². The topological polar surface area (TPSA) is 49.4 Å². The highest BCUT2D eigenvalue weighted by molar-refractivity contribution is 6.09. The molecule has 3 rings (SSSR count). The summed E-state index contributed by atoms with van der Waals surface area (Å²) < 4.78 is 149. The maximum atomic E-state index is 15.5. The van der Waals surface area contributed by atoms with Gasteiger partial charge in [-0.3, -0.25) is 9.59 Å². The molecule has 224 valence electrons. The summed E-state index contributed by atoms with van der Waals surface area (Å²) in [5.74, 6) is -3.76. The van der Waals surface area contributed by atoms with Crippen molar-refractivity contribution in [3.63, 3.8) is 0 Å². The number of carbonyl (C=O) groups is 2. The molecule has 0 aliphatic carbocycles. The summed E-state index contributed by atoms with van der Waals surface area (Å²) in [6.45, 7) is 3.18. The fourth-order valence-electron chi connectivity index (χ4n) is 3.84. The van der Waals surface area contributed by atoms with Gasteiger partial charge >= 0.3 is 24.2 Å². The average Bonchev–Trinajstić information content (AvgIpc) is 2.90. The van der Waals surface area contributed by atoms with Gasteiger partial charge in [0.05, 0.1) is 22.5 Å². The molecular weight excluding hydrogens is 593 g/mol. The van der Waals surface area contributed by atoms with Crippen molar-refractivity contribution < 1.29 is 57.9 Å². The standard InChI is InChI=1S/C27H17F11N2O2/c1-2-13-40(23(42)15-7-4-3-5-8-15)20-10-6-9-17(21(20)28)22(41)39-19-12-11-16(14-18(19)25(30,31)32)24(29,26(33,34)35)27(36,37)38/h2-12,14H,1,13H2,(H,39,41). The van der Waals surface area contributed by atoms with Crippen molar-refractivity contribution in [1.29, 1.82) is 0 Å². The van der Waals surface area contributed by atoms with Crippen LogP contribution in [-0.4, -0.2) is 30.7 Å².